The average molecular weight is 728 g/mol. The van der Waals surface area contributed by atoms with E-state index in [0.29, 0.717) is 0 Å². The van der Waals surface area contributed by atoms with Crippen molar-refractivity contribution < 1.29 is 0 Å². The molecule has 54 heavy (non-hydrogen) atoms. The number of hydrogen-bond donors (Lipinski definition) is 0. The summed E-state index contributed by atoms with van der Waals surface area (Å²) in [5.74, 6) is 0. The van der Waals surface area contributed by atoms with E-state index in [-0.39, 0.29) is 10.8 Å². The maximum absolute atomic E-state index is 2.62. The van der Waals surface area contributed by atoms with Crippen molar-refractivity contribution in [2.75, 3.05) is 22.9 Å². The predicted molar refractivity (Wildman–Crippen MR) is 237 cm³/mol. The molecule has 274 valence electrons. The highest BCUT2D eigenvalue weighted by atomic mass is 32.1. The number of fused-ring (bicyclic) bond motifs is 6. The lowest BCUT2D eigenvalue weighted by molar-refractivity contribution is 0.628. The van der Waals surface area contributed by atoms with Crippen molar-refractivity contribution in [2.24, 2.45) is 0 Å². The molecule has 0 radical (unpaired) electrons. The minimum atomic E-state index is -0.107. The molecule has 0 unspecified atom stereocenters. The molecule has 2 nitrogen and oxygen atoms in total. The molecule has 0 aromatic heterocycles. The van der Waals surface area contributed by atoms with E-state index in [2.05, 4.69) is 179 Å². The summed E-state index contributed by atoms with van der Waals surface area (Å²) in [7, 11) is 0. The second-order valence-corrected chi connectivity index (χ2v) is 17.4. The first-order chi connectivity index (χ1) is 26.2. The van der Waals surface area contributed by atoms with Gasteiger partial charge in [0.2, 0.25) is 21.1 Å². The number of nitrogens with zero attached hydrogens (tertiary/aromatic N) is 2. The number of hydrogen-bond acceptors (Lipinski definition) is 2. The molecule has 2 aliphatic heterocycles. The van der Waals surface area contributed by atoms with Gasteiger partial charge in [0.25, 0.3) is 0 Å². The largest absolute Gasteiger partial charge is 0.344 e. The smallest absolute Gasteiger partial charge is 0.237 e. The fraction of sp³-hybridized carbons (Fsp3) is 0.314. The number of rotatable bonds is 9. The molecule has 0 amide bonds. The zero-order valence-electron chi connectivity index (χ0n) is 33.1. The Bertz CT molecular complexity index is 2220. The summed E-state index contributed by atoms with van der Waals surface area (Å²) in [6.07, 6.45) is 16.7. The third-order valence-electron chi connectivity index (χ3n) is 12.1. The molecule has 3 aliphatic rings. The molecule has 5 aromatic carbocycles. The topological polar surface area (TPSA) is 6.48 Å². The number of allylic oxidation sites excluding steroid dienone is 8. The van der Waals surface area contributed by atoms with Crippen molar-refractivity contribution in [3.63, 3.8) is 0 Å². The summed E-state index contributed by atoms with van der Waals surface area (Å²) in [5, 5.41) is 5.40. The summed E-state index contributed by atoms with van der Waals surface area (Å²) in [6.45, 7) is 16.4. The van der Waals surface area contributed by atoms with E-state index >= 15 is 0 Å². The monoisotopic (exact) mass is 727 g/mol. The van der Waals surface area contributed by atoms with Crippen molar-refractivity contribution in [3.8, 4) is 0 Å². The molecular weight excluding hydrogens is 673 g/mol. The zero-order chi connectivity index (χ0) is 37.5. The third-order valence-corrected chi connectivity index (χ3v) is 13.3. The second kappa shape index (κ2) is 14.8. The standard InChI is InChI=1S/C51H55N2S/c1-7-9-34-52-43-30-26-36-18-14-16-22-41(36)47(43)50(3,4)45(52)32-28-38-24-25-39(49(38)54-40-20-12-11-13-21-40)29-33-46-51(5,6)48-42-23-17-15-19-37(42)27-31-44(48)53(46)35-10-8-2/h11-23,26-33H,7-10,24-25,34-35H2,1-6H3/q+1/b38-28+,39-29+,45-32+,46-33?. The van der Waals surface area contributed by atoms with E-state index < -0.39 is 0 Å². The van der Waals surface area contributed by atoms with Crippen molar-refractivity contribution in [1.82, 2.24) is 0 Å². The Morgan fingerprint density at radius 2 is 0.981 bits per heavy atom. The number of anilines is 2. The Balaban J connectivity index is 1.22. The molecular formula is C51H55N2S+. The number of unbranched alkanes of at least 4 members (excludes halogenated alkanes) is 2. The SMILES string of the molecule is CCCCN1C(=C/C=C2\CC/C(=C\C=C3\N(CCCC)c4ccc5ccccc5c4C3(C)C)C2=[S+]c2ccccc2)C(C)(C)c2c1ccc1ccccc21. The quantitative estimate of drug-likeness (QED) is 0.0847. The summed E-state index contributed by atoms with van der Waals surface area (Å²) in [4.78, 5) is 7.95. The van der Waals surface area contributed by atoms with Crippen molar-refractivity contribution >= 4 is 49.1 Å². The molecule has 0 atom stereocenters. The van der Waals surface area contributed by atoms with Gasteiger partial charge in [-0.15, -0.1) is 0 Å². The van der Waals surface area contributed by atoms with Gasteiger partial charge in [-0.2, -0.15) is 0 Å². The summed E-state index contributed by atoms with van der Waals surface area (Å²) in [6, 6.07) is 38.2. The molecule has 2 heterocycles. The average Bonchev–Trinajstić information content (AvgIpc) is 3.74. The summed E-state index contributed by atoms with van der Waals surface area (Å²) < 4.78 is 0. The Kier molecular flexibility index (Phi) is 9.96. The van der Waals surface area contributed by atoms with Gasteiger partial charge in [0, 0.05) is 70.0 Å². The Morgan fingerprint density at radius 3 is 1.44 bits per heavy atom. The highest BCUT2D eigenvalue weighted by Gasteiger charge is 2.42. The van der Waals surface area contributed by atoms with Crippen LogP contribution in [0.1, 0.15) is 91.2 Å². The summed E-state index contributed by atoms with van der Waals surface area (Å²) in [5.41, 5.74) is 11.1. The van der Waals surface area contributed by atoms with E-state index in [1.807, 2.05) is 11.4 Å². The van der Waals surface area contributed by atoms with Gasteiger partial charge in [-0.05, 0) is 82.6 Å². The van der Waals surface area contributed by atoms with Crippen LogP contribution in [0.5, 0.6) is 0 Å². The van der Waals surface area contributed by atoms with Crippen molar-refractivity contribution in [1.29, 1.82) is 0 Å². The van der Waals surface area contributed by atoms with Crippen LogP contribution in [-0.4, -0.2) is 18.0 Å². The lowest BCUT2D eigenvalue weighted by atomic mass is 9.81. The van der Waals surface area contributed by atoms with Gasteiger partial charge in [-0.25, -0.2) is 0 Å². The van der Waals surface area contributed by atoms with Crippen LogP contribution in [0.4, 0.5) is 11.4 Å². The molecule has 8 rings (SSSR count). The van der Waals surface area contributed by atoms with Crippen LogP contribution in [0, 0.1) is 0 Å². The summed E-state index contributed by atoms with van der Waals surface area (Å²) >= 11 is 1.93. The zero-order valence-corrected chi connectivity index (χ0v) is 33.9. The third kappa shape index (κ3) is 6.35. The van der Waals surface area contributed by atoms with E-state index in [9.17, 15) is 0 Å². The Hall–Kier alpha value is -4.73. The van der Waals surface area contributed by atoms with Crippen LogP contribution >= 0.6 is 0 Å². The molecule has 1 fully saturated rings. The maximum atomic E-state index is 2.62. The molecule has 1 saturated carbocycles. The molecule has 0 spiro atoms. The van der Waals surface area contributed by atoms with Gasteiger partial charge in [-0.3, -0.25) is 0 Å². The van der Waals surface area contributed by atoms with Crippen LogP contribution in [0.3, 0.4) is 0 Å². The second-order valence-electron chi connectivity index (χ2n) is 16.4. The molecule has 3 heteroatoms. The van der Waals surface area contributed by atoms with Gasteiger partial charge < -0.3 is 9.80 Å². The van der Waals surface area contributed by atoms with Crippen molar-refractivity contribution in [2.45, 2.75) is 95.8 Å². The minimum Gasteiger partial charge on any atom is -0.344 e. The van der Waals surface area contributed by atoms with Crippen LogP contribution in [0.25, 0.3) is 21.5 Å². The normalized spacial score (nSPS) is 21.1. The van der Waals surface area contributed by atoms with E-state index in [4.69, 9.17) is 0 Å². The first-order valence-corrected chi connectivity index (χ1v) is 21.1. The van der Waals surface area contributed by atoms with Crippen LogP contribution in [0.15, 0.2) is 155 Å². The highest BCUT2D eigenvalue weighted by molar-refractivity contribution is 7.79. The van der Waals surface area contributed by atoms with E-state index in [0.717, 1.165) is 25.9 Å². The Labute approximate surface area is 327 Å². The minimum absolute atomic E-state index is 0.107. The lowest BCUT2D eigenvalue weighted by Crippen LogP contribution is -2.27. The van der Waals surface area contributed by atoms with E-state index in [1.54, 1.807) is 0 Å². The number of benzene rings is 5. The molecule has 0 saturated heterocycles. The molecule has 0 N–H and O–H groups in total. The van der Waals surface area contributed by atoms with E-state index in [1.165, 1.54) is 102 Å². The highest BCUT2D eigenvalue weighted by Crippen LogP contribution is 2.52. The molecule has 5 aromatic rings. The fourth-order valence-electron chi connectivity index (χ4n) is 9.30. The Morgan fingerprint density at radius 1 is 0.537 bits per heavy atom. The van der Waals surface area contributed by atoms with Gasteiger partial charge in [0.15, 0.2) is 0 Å². The fourth-order valence-corrected chi connectivity index (χ4v) is 10.4. The van der Waals surface area contributed by atoms with Crippen LogP contribution in [-0.2, 0) is 22.2 Å². The molecule has 1 aliphatic carbocycles. The van der Waals surface area contributed by atoms with Gasteiger partial charge in [-0.1, -0.05) is 145 Å². The van der Waals surface area contributed by atoms with Crippen LogP contribution in [0.2, 0.25) is 0 Å². The first kappa shape index (κ1) is 36.3. The predicted octanol–water partition coefficient (Wildman–Crippen LogP) is 13.2. The van der Waals surface area contributed by atoms with Gasteiger partial charge in [0.05, 0.1) is 0 Å². The van der Waals surface area contributed by atoms with Crippen LogP contribution < -0.4 is 9.80 Å². The molecule has 0 bridgehead atoms. The lowest BCUT2D eigenvalue weighted by Gasteiger charge is -2.27. The first-order valence-electron chi connectivity index (χ1n) is 20.3. The maximum Gasteiger partial charge on any atom is 0.237 e. The van der Waals surface area contributed by atoms with Gasteiger partial charge >= 0.3 is 0 Å². The van der Waals surface area contributed by atoms with Crippen molar-refractivity contribution in [3.05, 3.63) is 161 Å². The van der Waals surface area contributed by atoms with Gasteiger partial charge in [0.1, 0.15) is 0 Å².